The van der Waals surface area contributed by atoms with Crippen molar-refractivity contribution in [3.8, 4) is 11.1 Å². The number of nitrogens with one attached hydrogen (secondary N) is 2. The Kier molecular flexibility index (Phi) is 7.50. The number of halogens is 3. The maximum Gasteiger partial charge on any atom is 0.416 e. The van der Waals surface area contributed by atoms with Crippen molar-refractivity contribution in [3.05, 3.63) is 89.5 Å². The molecule has 172 valence electrons. The van der Waals surface area contributed by atoms with Gasteiger partial charge < -0.3 is 15.5 Å². The first-order chi connectivity index (χ1) is 15.6. The number of carbonyl (C=O) groups is 2. The number of likely N-dealkylation sites (N-methyl/N-ethyl adjacent to an activating group) is 1. The quantitative estimate of drug-likeness (QED) is 0.532. The van der Waals surface area contributed by atoms with Gasteiger partial charge in [-0.2, -0.15) is 13.2 Å². The molecule has 3 aromatic rings. The highest BCUT2D eigenvalue weighted by Crippen LogP contribution is 2.32. The lowest BCUT2D eigenvalue weighted by Gasteiger charge is -2.13. The van der Waals surface area contributed by atoms with E-state index in [1.807, 2.05) is 19.0 Å². The fourth-order valence-corrected chi connectivity index (χ4v) is 3.20. The molecule has 0 aliphatic heterocycles. The minimum atomic E-state index is -4.43. The first-order valence-electron chi connectivity index (χ1n) is 10.3. The molecule has 8 heteroatoms. The molecule has 0 spiro atoms. The van der Waals surface area contributed by atoms with Crippen molar-refractivity contribution in [1.82, 2.24) is 10.2 Å². The van der Waals surface area contributed by atoms with Crippen LogP contribution < -0.4 is 10.6 Å². The Labute approximate surface area is 190 Å². The molecule has 0 aromatic heterocycles. The van der Waals surface area contributed by atoms with E-state index in [4.69, 9.17) is 0 Å². The van der Waals surface area contributed by atoms with Crippen molar-refractivity contribution < 1.29 is 22.8 Å². The molecule has 0 heterocycles. The Morgan fingerprint density at radius 3 is 2.24 bits per heavy atom. The van der Waals surface area contributed by atoms with Crippen LogP contribution >= 0.6 is 0 Å². The number of hydrogen-bond acceptors (Lipinski definition) is 3. The third-order valence-corrected chi connectivity index (χ3v) is 4.92. The molecule has 0 bridgehead atoms. The molecule has 0 radical (unpaired) electrons. The Balaban J connectivity index is 1.77. The number of hydrogen-bond donors (Lipinski definition) is 2. The van der Waals surface area contributed by atoms with Gasteiger partial charge in [0.05, 0.1) is 5.56 Å². The predicted molar refractivity (Wildman–Crippen MR) is 122 cm³/mol. The maximum absolute atomic E-state index is 13.0. The molecule has 5 nitrogen and oxygen atoms in total. The number of carbonyl (C=O) groups excluding carboxylic acids is 2. The summed E-state index contributed by atoms with van der Waals surface area (Å²) in [5.74, 6) is -0.686. The lowest BCUT2D eigenvalue weighted by Crippen LogP contribution is -2.31. The second-order valence-corrected chi connectivity index (χ2v) is 7.71. The van der Waals surface area contributed by atoms with Gasteiger partial charge in [0, 0.05) is 29.9 Å². The van der Waals surface area contributed by atoms with E-state index in [2.05, 4.69) is 10.6 Å². The molecule has 3 aromatic carbocycles. The molecule has 0 atom stereocenters. The van der Waals surface area contributed by atoms with Gasteiger partial charge in [0.15, 0.2) is 0 Å². The summed E-state index contributed by atoms with van der Waals surface area (Å²) in [4.78, 5) is 27.3. The van der Waals surface area contributed by atoms with Gasteiger partial charge in [-0.1, -0.05) is 36.4 Å². The molecular weight excluding hydrogens is 431 g/mol. The Morgan fingerprint density at radius 2 is 1.58 bits per heavy atom. The van der Waals surface area contributed by atoms with Gasteiger partial charge in [0.25, 0.3) is 11.8 Å². The van der Waals surface area contributed by atoms with E-state index in [9.17, 15) is 22.8 Å². The number of nitrogens with zero attached hydrogens (tertiary/aromatic N) is 1. The second-order valence-electron chi connectivity index (χ2n) is 7.71. The maximum atomic E-state index is 13.0. The molecule has 0 fully saturated rings. The summed E-state index contributed by atoms with van der Waals surface area (Å²) in [6.45, 7) is 1.19. The topological polar surface area (TPSA) is 61.4 Å². The number of alkyl halides is 3. The van der Waals surface area contributed by atoms with Crippen LogP contribution in [-0.4, -0.2) is 43.9 Å². The molecular formula is C25H24F3N3O2. The van der Waals surface area contributed by atoms with Gasteiger partial charge in [-0.3, -0.25) is 9.59 Å². The van der Waals surface area contributed by atoms with Gasteiger partial charge >= 0.3 is 6.18 Å². The minimum Gasteiger partial charge on any atom is -0.351 e. The van der Waals surface area contributed by atoms with Crippen molar-refractivity contribution >= 4 is 17.5 Å². The molecule has 0 unspecified atom stereocenters. The highest BCUT2D eigenvalue weighted by Gasteiger charge is 2.30. The fraction of sp³-hybridized carbons (Fsp3) is 0.200. The fourth-order valence-electron chi connectivity index (χ4n) is 3.20. The van der Waals surface area contributed by atoms with Gasteiger partial charge in [-0.05, 0) is 61.6 Å². The molecule has 0 saturated carbocycles. The van der Waals surface area contributed by atoms with E-state index in [1.54, 1.807) is 48.5 Å². The smallest absolute Gasteiger partial charge is 0.351 e. The Morgan fingerprint density at radius 1 is 0.879 bits per heavy atom. The highest BCUT2D eigenvalue weighted by atomic mass is 19.4. The first-order valence-corrected chi connectivity index (χ1v) is 10.3. The summed E-state index contributed by atoms with van der Waals surface area (Å²) < 4.78 is 38.6. The zero-order valence-electron chi connectivity index (χ0n) is 18.2. The normalized spacial score (nSPS) is 11.3. The van der Waals surface area contributed by atoms with Crippen LogP contribution in [0.25, 0.3) is 11.1 Å². The van der Waals surface area contributed by atoms with Crippen molar-refractivity contribution in [3.63, 3.8) is 0 Å². The lowest BCUT2D eigenvalue weighted by molar-refractivity contribution is -0.137. The van der Waals surface area contributed by atoms with E-state index in [-0.39, 0.29) is 5.91 Å². The van der Waals surface area contributed by atoms with Crippen LogP contribution in [0.4, 0.5) is 18.9 Å². The predicted octanol–water partition coefficient (Wildman–Crippen LogP) is 4.92. The van der Waals surface area contributed by atoms with E-state index in [0.717, 1.165) is 12.1 Å². The van der Waals surface area contributed by atoms with E-state index in [1.165, 1.54) is 12.1 Å². The third kappa shape index (κ3) is 6.43. The van der Waals surface area contributed by atoms with Crippen LogP contribution in [0.15, 0.2) is 72.8 Å². The molecule has 0 aliphatic rings. The Hall–Kier alpha value is -3.65. The van der Waals surface area contributed by atoms with Crippen molar-refractivity contribution in [2.24, 2.45) is 0 Å². The van der Waals surface area contributed by atoms with Crippen molar-refractivity contribution in [2.75, 3.05) is 32.5 Å². The van der Waals surface area contributed by atoms with Gasteiger partial charge in [-0.25, -0.2) is 0 Å². The molecule has 2 N–H and O–H groups in total. The average Bonchev–Trinajstić information content (AvgIpc) is 2.78. The Bertz CT molecular complexity index is 1130. The SMILES string of the molecule is CN(C)CCNC(=O)c1cccc(NC(=O)c2ccccc2-c2ccc(C(F)(F)F)cc2)c1. The second kappa shape index (κ2) is 10.3. The van der Waals surface area contributed by atoms with E-state index < -0.39 is 17.6 Å². The first kappa shape index (κ1) is 24.0. The van der Waals surface area contributed by atoms with Gasteiger partial charge in [0.1, 0.15) is 0 Å². The van der Waals surface area contributed by atoms with E-state index >= 15 is 0 Å². The molecule has 0 aliphatic carbocycles. The number of benzene rings is 3. The van der Waals surface area contributed by atoms with Crippen LogP contribution in [-0.2, 0) is 6.18 Å². The molecule has 3 rings (SSSR count). The summed E-state index contributed by atoms with van der Waals surface area (Å²) in [6, 6.07) is 17.9. The summed E-state index contributed by atoms with van der Waals surface area (Å²) >= 11 is 0. The standard InChI is InChI=1S/C25H24F3N3O2/c1-31(2)15-14-29-23(32)18-6-5-7-20(16-18)30-24(33)22-9-4-3-8-21(22)17-10-12-19(13-11-17)25(26,27)28/h3-13,16H,14-15H2,1-2H3,(H,29,32)(H,30,33). The van der Waals surface area contributed by atoms with Gasteiger partial charge in [-0.15, -0.1) is 0 Å². The zero-order valence-corrected chi connectivity index (χ0v) is 18.2. The van der Waals surface area contributed by atoms with Crippen LogP contribution in [0.5, 0.6) is 0 Å². The molecule has 33 heavy (non-hydrogen) atoms. The van der Waals surface area contributed by atoms with Crippen molar-refractivity contribution in [1.29, 1.82) is 0 Å². The highest BCUT2D eigenvalue weighted by molar-refractivity contribution is 6.09. The zero-order chi connectivity index (χ0) is 24.0. The lowest BCUT2D eigenvalue weighted by atomic mass is 9.98. The monoisotopic (exact) mass is 455 g/mol. The largest absolute Gasteiger partial charge is 0.416 e. The average molecular weight is 455 g/mol. The van der Waals surface area contributed by atoms with Crippen LogP contribution in [0.1, 0.15) is 26.3 Å². The van der Waals surface area contributed by atoms with Crippen LogP contribution in [0.3, 0.4) is 0 Å². The van der Waals surface area contributed by atoms with Gasteiger partial charge in [0.2, 0.25) is 0 Å². The minimum absolute atomic E-state index is 0.252. The third-order valence-electron chi connectivity index (χ3n) is 4.92. The van der Waals surface area contributed by atoms with Crippen LogP contribution in [0, 0.1) is 0 Å². The summed E-state index contributed by atoms with van der Waals surface area (Å²) in [6.07, 6.45) is -4.43. The number of amides is 2. The molecule has 0 saturated heterocycles. The van der Waals surface area contributed by atoms with E-state index in [0.29, 0.717) is 41.0 Å². The summed E-state index contributed by atoms with van der Waals surface area (Å²) in [5, 5.41) is 5.58. The van der Waals surface area contributed by atoms with Crippen LogP contribution in [0.2, 0.25) is 0 Å². The summed E-state index contributed by atoms with van der Waals surface area (Å²) in [7, 11) is 3.82. The number of rotatable bonds is 7. The van der Waals surface area contributed by atoms with Crippen molar-refractivity contribution in [2.45, 2.75) is 6.18 Å². The number of anilines is 1. The summed E-state index contributed by atoms with van der Waals surface area (Å²) in [5.41, 5.74) is 1.38. The molecule has 2 amide bonds.